The lowest BCUT2D eigenvalue weighted by Crippen LogP contribution is -2.38. The zero-order valence-electron chi connectivity index (χ0n) is 16.6. The Morgan fingerprint density at radius 1 is 1.03 bits per heavy atom. The summed E-state index contributed by atoms with van der Waals surface area (Å²) in [7, 11) is -3.12. The highest BCUT2D eigenvalue weighted by Crippen LogP contribution is 2.10. The molecule has 2 rings (SSSR count). The second-order valence-corrected chi connectivity index (χ2v) is 9.12. The van der Waals surface area contributed by atoms with Gasteiger partial charge in [-0.05, 0) is 43.0 Å². The topological polar surface area (TPSA) is 70.6 Å². The Hall–Kier alpha value is -1.32. The Labute approximate surface area is 196 Å². The average Bonchev–Trinajstić information content (AvgIpc) is 2.66. The van der Waals surface area contributed by atoms with Crippen molar-refractivity contribution < 1.29 is 8.42 Å². The Kier molecular flexibility index (Phi) is 12.3. The summed E-state index contributed by atoms with van der Waals surface area (Å²) in [6.07, 6.45) is 1.33. The SMILES string of the molecule is CCNC(=NCCCS(=O)(=O)Cc1ccccc1)NCCc1cccc(Cl)c1.I. The molecule has 0 spiro atoms. The van der Waals surface area contributed by atoms with Gasteiger partial charge in [0.2, 0.25) is 0 Å². The fourth-order valence-electron chi connectivity index (χ4n) is 2.74. The van der Waals surface area contributed by atoms with Crippen molar-refractivity contribution in [2.24, 2.45) is 4.99 Å². The van der Waals surface area contributed by atoms with Crippen LogP contribution in [0.5, 0.6) is 0 Å². The molecule has 0 amide bonds. The second-order valence-electron chi connectivity index (χ2n) is 6.50. The monoisotopic (exact) mass is 549 g/mol. The lowest BCUT2D eigenvalue weighted by Gasteiger charge is -2.11. The molecule has 0 aromatic heterocycles. The third kappa shape index (κ3) is 10.9. The number of nitrogens with one attached hydrogen (secondary N) is 2. The maximum absolute atomic E-state index is 12.2. The first-order chi connectivity index (χ1) is 13.5. The molecule has 0 aliphatic heterocycles. The molecule has 29 heavy (non-hydrogen) atoms. The van der Waals surface area contributed by atoms with Crippen molar-refractivity contribution in [1.82, 2.24) is 10.6 Å². The van der Waals surface area contributed by atoms with Crippen LogP contribution in [0.3, 0.4) is 0 Å². The van der Waals surface area contributed by atoms with Crippen LogP contribution in [-0.4, -0.2) is 39.8 Å². The molecular weight excluding hydrogens is 521 g/mol. The standard InChI is InChI=1S/C21H28ClN3O2S.HI/c1-2-23-21(25-14-12-18-10-6-11-20(22)16-18)24-13-7-15-28(26,27)17-19-8-4-3-5-9-19;/h3-6,8-11,16H,2,7,12-15,17H2,1H3,(H2,23,24,25);1H. The fraction of sp³-hybridized carbons (Fsp3) is 0.381. The Bertz CT molecular complexity index is 861. The Morgan fingerprint density at radius 3 is 2.45 bits per heavy atom. The number of hydrogen-bond acceptors (Lipinski definition) is 3. The van der Waals surface area contributed by atoms with Crippen molar-refractivity contribution in [3.63, 3.8) is 0 Å². The van der Waals surface area contributed by atoms with Gasteiger partial charge in [-0.1, -0.05) is 54.1 Å². The third-order valence-corrected chi connectivity index (χ3v) is 5.97. The molecule has 0 saturated carbocycles. The number of sulfone groups is 1. The minimum Gasteiger partial charge on any atom is -0.357 e. The largest absolute Gasteiger partial charge is 0.357 e. The first-order valence-corrected chi connectivity index (χ1v) is 11.7. The molecule has 5 nitrogen and oxygen atoms in total. The maximum atomic E-state index is 12.2. The van der Waals surface area contributed by atoms with Gasteiger partial charge in [0, 0.05) is 24.7 Å². The molecule has 0 radical (unpaired) electrons. The summed E-state index contributed by atoms with van der Waals surface area (Å²) in [5.41, 5.74) is 1.98. The number of hydrogen-bond donors (Lipinski definition) is 2. The van der Waals surface area contributed by atoms with E-state index in [2.05, 4.69) is 15.6 Å². The van der Waals surface area contributed by atoms with Crippen molar-refractivity contribution in [3.8, 4) is 0 Å². The smallest absolute Gasteiger partial charge is 0.191 e. The number of nitrogens with zero attached hydrogens (tertiary/aromatic N) is 1. The van der Waals surface area contributed by atoms with Crippen molar-refractivity contribution in [1.29, 1.82) is 0 Å². The van der Waals surface area contributed by atoms with E-state index < -0.39 is 9.84 Å². The average molecular weight is 550 g/mol. The van der Waals surface area contributed by atoms with Gasteiger partial charge in [0.25, 0.3) is 0 Å². The van der Waals surface area contributed by atoms with Gasteiger partial charge < -0.3 is 10.6 Å². The van der Waals surface area contributed by atoms with Crippen LogP contribution < -0.4 is 10.6 Å². The molecule has 0 fully saturated rings. The minimum absolute atomic E-state index is 0. The fourth-order valence-corrected chi connectivity index (χ4v) is 4.36. The molecule has 0 aliphatic carbocycles. The van der Waals surface area contributed by atoms with E-state index in [4.69, 9.17) is 11.6 Å². The Morgan fingerprint density at radius 2 is 1.76 bits per heavy atom. The number of guanidine groups is 1. The highest BCUT2D eigenvalue weighted by molar-refractivity contribution is 14.0. The van der Waals surface area contributed by atoms with Crippen LogP contribution >= 0.6 is 35.6 Å². The molecule has 2 N–H and O–H groups in total. The predicted octanol–water partition coefficient (Wildman–Crippen LogP) is 4.06. The molecule has 0 heterocycles. The van der Waals surface area contributed by atoms with Gasteiger partial charge in [-0.3, -0.25) is 4.99 Å². The van der Waals surface area contributed by atoms with Crippen LogP contribution in [0.1, 0.15) is 24.5 Å². The number of benzene rings is 2. The summed E-state index contributed by atoms with van der Waals surface area (Å²) in [6.45, 7) is 3.92. The van der Waals surface area contributed by atoms with Crippen molar-refractivity contribution in [3.05, 3.63) is 70.7 Å². The molecule has 8 heteroatoms. The van der Waals surface area contributed by atoms with Gasteiger partial charge in [0.15, 0.2) is 15.8 Å². The Balaban J connectivity index is 0.00000420. The van der Waals surface area contributed by atoms with E-state index in [1.165, 1.54) is 0 Å². The molecule has 2 aromatic rings. The number of rotatable bonds is 10. The number of halogens is 2. The van der Waals surface area contributed by atoms with Crippen LogP contribution in [0.15, 0.2) is 59.6 Å². The van der Waals surface area contributed by atoms with Gasteiger partial charge in [-0.15, -0.1) is 24.0 Å². The zero-order chi connectivity index (χ0) is 20.2. The van der Waals surface area contributed by atoms with Crippen LogP contribution in [0.25, 0.3) is 0 Å². The molecule has 0 aliphatic rings. The molecule has 0 bridgehead atoms. The van der Waals surface area contributed by atoms with Gasteiger partial charge in [0.1, 0.15) is 0 Å². The summed E-state index contributed by atoms with van der Waals surface area (Å²) in [6, 6.07) is 17.0. The summed E-state index contributed by atoms with van der Waals surface area (Å²) in [5, 5.41) is 7.18. The molecule has 160 valence electrons. The first kappa shape index (κ1) is 25.7. The predicted molar refractivity (Wildman–Crippen MR) is 133 cm³/mol. The van der Waals surface area contributed by atoms with Gasteiger partial charge in [0.05, 0.1) is 11.5 Å². The normalized spacial score (nSPS) is 11.6. The molecular formula is C21H29ClIN3O2S. The summed E-state index contributed by atoms with van der Waals surface area (Å²) in [4.78, 5) is 4.48. The van der Waals surface area contributed by atoms with Gasteiger partial charge >= 0.3 is 0 Å². The van der Waals surface area contributed by atoms with E-state index in [1.54, 1.807) is 0 Å². The van der Waals surface area contributed by atoms with Gasteiger partial charge in [-0.25, -0.2) is 8.42 Å². The number of aliphatic imine (C=N–C) groups is 1. The summed E-state index contributed by atoms with van der Waals surface area (Å²) >= 11 is 6.00. The highest BCUT2D eigenvalue weighted by Gasteiger charge is 2.11. The van der Waals surface area contributed by atoms with E-state index in [1.807, 2.05) is 61.5 Å². The second kappa shape index (κ2) is 13.8. The quantitative estimate of drug-likeness (QED) is 0.203. The molecule has 0 unspecified atom stereocenters. The van der Waals surface area contributed by atoms with Crippen LogP contribution in [-0.2, 0) is 22.0 Å². The van der Waals surface area contributed by atoms with Gasteiger partial charge in [-0.2, -0.15) is 0 Å². The lowest BCUT2D eigenvalue weighted by molar-refractivity contribution is 0.592. The van der Waals surface area contributed by atoms with Crippen molar-refractivity contribution in [2.45, 2.75) is 25.5 Å². The minimum atomic E-state index is -3.12. The van der Waals surface area contributed by atoms with Crippen LogP contribution in [0.4, 0.5) is 0 Å². The third-order valence-electron chi connectivity index (χ3n) is 4.05. The van der Waals surface area contributed by atoms with E-state index in [-0.39, 0.29) is 35.5 Å². The van der Waals surface area contributed by atoms with Crippen LogP contribution in [0.2, 0.25) is 5.02 Å². The summed E-state index contributed by atoms with van der Waals surface area (Å²) < 4.78 is 24.5. The molecule has 0 saturated heterocycles. The van der Waals surface area contributed by atoms with Crippen LogP contribution in [0, 0.1) is 0 Å². The first-order valence-electron chi connectivity index (χ1n) is 9.49. The van der Waals surface area contributed by atoms with E-state index >= 15 is 0 Å². The molecule has 2 aromatic carbocycles. The maximum Gasteiger partial charge on any atom is 0.191 e. The lowest BCUT2D eigenvalue weighted by atomic mass is 10.1. The van der Waals surface area contributed by atoms with Crippen molar-refractivity contribution >= 4 is 51.4 Å². The summed E-state index contributed by atoms with van der Waals surface area (Å²) in [5.74, 6) is 0.910. The van der Waals surface area contributed by atoms with E-state index in [0.717, 1.165) is 35.7 Å². The molecule has 0 atom stereocenters. The van der Waals surface area contributed by atoms with Crippen molar-refractivity contribution in [2.75, 3.05) is 25.4 Å². The highest BCUT2D eigenvalue weighted by atomic mass is 127. The van der Waals surface area contributed by atoms with E-state index in [0.29, 0.717) is 18.9 Å². The zero-order valence-corrected chi connectivity index (χ0v) is 20.5. The van der Waals surface area contributed by atoms with E-state index in [9.17, 15) is 8.42 Å².